The second-order valence-electron chi connectivity index (χ2n) is 3.98. The molecule has 0 saturated carbocycles. The van der Waals surface area contributed by atoms with Gasteiger partial charge in [0.15, 0.2) is 0 Å². The minimum Gasteiger partial charge on any atom is -0.352 e. The maximum Gasteiger partial charge on any atom is 0.147 e. The Labute approximate surface area is 90.5 Å². The largest absolute Gasteiger partial charge is 0.352 e. The van der Waals surface area contributed by atoms with Gasteiger partial charge >= 0.3 is 0 Å². The first-order valence-corrected chi connectivity index (χ1v) is 5.64. The Bertz CT molecular complexity index is 286. The van der Waals surface area contributed by atoms with Crippen LogP contribution in [0.4, 0.5) is 5.82 Å². The molecule has 0 bridgehead atoms. The zero-order chi connectivity index (χ0) is 10.5. The number of hydrogen-bond acceptors (Lipinski definition) is 4. The summed E-state index contributed by atoms with van der Waals surface area (Å²) < 4.78 is 0. The van der Waals surface area contributed by atoms with Crippen LogP contribution in [0.1, 0.15) is 25.7 Å². The third kappa shape index (κ3) is 2.45. The highest BCUT2D eigenvalue weighted by Gasteiger charge is 2.22. The summed E-state index contributed by atoms with van der Waals surface area (Å²) in [6.07, 6.45) is 10.1. The van der Waals surface area contributed by atoms with Crippen LogP contribution in [0.2, 0.25) is 0 Å². The molecule has 0 amide bonds. The molecule has 2 N–H and O–H groups in total. The van der Waals surface area contributed by atoms with Crippen molar-refractivity contribution in [2.75, 3.05) is 18.0 Å². The maximum atomic E-state index is 5.64. The first-order valence-electron chi connectivity index (χ1n) is 5.64. The number of aromatic nitrogens is 2. The van der Waals surface area contributed by atoms with Crippen LogP contribution in [-0.4, -0.2) is 29.1 Å². The van der Waals surface area contributed by atoms with Crippen LogP contribution in [-0.2, 0) is 0 Å². The van der Waals surface area contributed by atoms with Crippen molar-refractivity contribution >= 4 is 5.82 Å². The van der Waals surface area contributed by atoms with Crippen molar-refractivity contribution < 1.29 is 0 Å². The molecule has 1 fully saturated rings. The van der Waals surface area contributed by atoms with E-state index in [1.54, 1.807) is 12.4 Å². The van der Waals surface area contributed by atoms with Gasteiger partial charge in [0, 0.05) is 25.0 Å². The van der Waals surface area contributed by atoms with E-state index in [9.17, 15) is 0 Å². The number of anilines is 1. The molecule has 0 aliphatic carbocycles. The summed E-state index contributed by atoms with van der Waals surface area (Å²) in [5.74, 6) is 0.996. The molecule has 0 aromatic carbocycles. The lowest BCUT2D eigenvalue weighted by atomic mass is 9.99. The van der Waals surface area contributed by atoms with Crippen LogP contribution < -0.4 is 10.6 Å². The summed E-state index contributed by atoms with van der Waals surface area (Å²) in [6.45, 7) is 1.84. The average molecular weight is 206 g/mol. The summed E-state index contributed by atoms with van der Waals surface area (Å²) in [5, 5.41) is 0. The molecule has 0 radical (unpaired) electrons. The van der Waals surface area contributed by atoms with Crippen molar-refractivity contribution in [3.8, 4) is 0 Å². The second kappa shape index (κ2) is 5.07. The van der Waals surface area contributed by atoms with Gasteiger partial charge in [0.1, 0.15) is 5.82 Å². The fraction of sp³-hybridized carbons (Fsp3) is 0.636. The van der Waals surface area contributed by atoms with E-state index in [0.29, 0.717) is 6.04 Å². The Kier molecular flexibility index (Phi) is 3.50. The van der Waals surface area contributed by atoms with E-state index in [-0.39, 0.29) is 0 Å². The van der Waals surface area contributed by atoms with Gasteiger partial charge in [-0.1, -0.05) is 0 Å². The first kappa shape index (κ1) is 10.4. The fourth-order valence-electron chi connectivity index (χ4n) is 2.23. The molecule has 1 aromatic heterocycles. The van der Waals surface area contributed by atoms with Crippen molar-refractivity contribution in [3.05, 3.63) is 18.6 Å². The lowest BCUT2D eigenvalue weighted by Gasteiger charge is -2.36. The van der Waals surface area contributed by atoms with E-state index in [2.05, 4.69) is 14.9 Å². The molecule has 4 nitrogen and oxygen atoms in total. The van der Waals surface area contributed by atoms with E-state index in [1.165, 1.54) is 19.3 Å². The normalized spacial score (nSPS) is 21.7. The number of hydrogen-bond donors (Lipinski definition) is 1. The highest BCUT2D eigenvalue weighted by atomic mass is 15.2. The molecule has 15 heavy (non-hydrogen) atoms. The van der Waals surface area contributed by atoms with Crippen LogP contribution in [0.25, 0.3) is 0 Å². The lowest BCUT2D eigenvalue weighted by Crippen LogP contribution is -2.41. The van der Waals surface area contributed by atoms with Crippen LogP contribution >= 0.6 is 0 Å². The van der Waals surface area contributed by atoms with Crippen molar-refractivity contribution in [2.24, 2.45) is 5.73 Å². The third-order valence-electron chi connectivity index (χ3n) is 2.97. The molecule has 2 rings (SSSR count). The summed E-state index contributed by atoms with van der Waals surface area (Å²) in [5.41, 5.74) is 5.64. The summed E-state index contributed by atoms with van der Waals surface area (Å²) in [6, 6.07) is 0.556. The Hall–Kier alpha value is -1.16. The average Bonchev–Trinajstić information content (AvgIpc) is 2.31. The monoisotopic (exact) mass is 206 g/mol. The van der Waals surface area contributed by atoms with E-state index in [4.69, 9.17) is 5.73 Å². The smallest absolute Gasteiger partial charge is 0.147 e. The molecular weight excluding hydrogens is 188 g/mol. The van der Waals surface area contributed by atoms with Gasteiger partial charge in [-0.05, 0) is 32.2 Å². The minimum absolute atomic E-state index is 0.556. The van der Waals surface area contributed by atoms with Crippen molar-refractivity contribution in [1.29, 1.82) is 0 Å². The molecule has 82 valence electrons. The number of piperidine rings is 1. The topological polar surface area (TPSA) is 55.0 Å². The van der Waals surface area contributed by atoms with E-state index in [0.717, 1.165) is 25.3 Å². The van der Waals surface area contributed by atoms with E-state index < -0.39 is 0 Å². The summed E-state index contributed by atoms with van der Waals surface area (Å²) in [4.78, 5) is 10.8. The van der Waals surface area contributed by atoms with Gasteiger partial charge in [0.2, 0.25) is 0 Å². The Morgan fingerprint density at radius 2 is 2.33 bits per heavy atom. The van der Waals surface area contributed by atoms with Gasteiger partial charge in [0.05, 0.1) is 6.20 Å². The predicted molar refractivity (Wildman–Crippen MR) is 60.7 cm³/mol. The molecule has 1 aliphatic rings. The lowest BCUT2D eigenvalue weighted by molar-refractivity contribution is 0.438. The van der Waals surface area contributed by atoms with Crippen LogP contribution in [0.3, 0.4) is 0 Å². The quantitative estimate of drug-likeness (QED) is 0.807. The number of rotatable bonds is 3. The number of nitrogens with two attached hydrogens (primary N) is 1. The Morgan fingerprint density at radius 3 is 3.07 bits per heavy atom. The Balaban J connectivity index is 2.11. The van der Waals surface area contributed by atoms with Gasteiger partial charge in [-0.15, -0.1) is 0 Å². The van der Waals surface area contributed by atoms with Crippen LogP contribution in [0.15, 0.2) is 18.6 Å². The molecular formula is C11H18N4. The van der Waals surface area contributed by atoms with Gasteiger partial charge in [-0.3, -0.25) is 4.98 Å². The zero-order valence-corrected chi connectivity index (χ0v) is 8.97. The zero-order valence-electron chi connectivity index (χ0n) is 8.97. The molecule has 2 heterocycles. The molecule has 1 aromatic rings. The van der Waals surface area contributed by atoms with E-state index >= 15 is 0 Å². The van der Waals surface area contributed by atoms with Gasteiger partial charge < -0.3 is 10.6 Å². The van der Waals surface area contributed by atoms with Crippen molar-refractivity contribution in [3.63, 3.8) is 0 Å². The highest BCUT2D eigenvalue weighted by molar-refractivity contribution is 5.37. The predicted octanol–water partition coefficient (Wildman–Crippen LogP) is 1.18. The van der Waals surface area contributed by atoms with Crippen molar-refractivity contribution in [2.45, 2.75) is 31.7 Å². The van der Waals surface area contributed by atoms with Crippen LogP contribution in [0.5, 0.6) is 0 Å². The minimum atomic E-state index is 0.556. The standard InChI is InChI=1S/C11H18N4/c12-5-4-10-3-1-2-8-15(10)11-9-13-6-7-14-11/h6-7,9-10H,1-5,8,12H2. The van der Waals surface area contributed by atoms with Gasteiger partial charge in [-0.25, -0.2) is 4.98 Å². The number of nitrogens with zero attached hydrogens (tertiary/aromatic N) is 3. The van der Waals surface area contributed by atoms with Gasteiger partial charge in [-0.2, -0.15) is 0 Å². The Morgan fingerprint density at radius 1 is 1.40 bits per heavy atom. The second-order valence-corrected chi connectivity index (χ2v) is 3.98. The summed E-state index contributed by atoms with van der Waals surface area (Å²) >= 11 is 0. The molecule has 1 atom stereocenters. The molecule has 1 unspecified atom stereocenters. The third-order valence-corrected chi connectivity index (χ3v) is 2.97. The molecule has 1 saturated heterocycles. The SMILES string of the molecule is NCCC1CCCCN1c1cnccn1. The molecule has 0 spiro atoms. The molecule has 1 aliphatic heterocycles. The van der Waals surface area contributed by atoms with Gasteiger partial charge in [0.25, 0.3) is 0 Å². The maximum absolute atomic E-state index is 5.64. The molecule has 4 heteroatoms. The highest BCUT2D eigenvalue weighted by Crippen LogP contribution is 2.23. The summed E-state index contributed by atoms with van der Waals surface area (Å²) in [7, 11) is 0. The van der Waals surface area contributed by atoms with E-state index in [1.807, 2.05) is 6.20 Å². The fourth-order valence-corrected chi connectivity index (χ4v) is 2.23. The van der Waals surface area contributed by atoms with Crippen molar-refractivity contribution in [1.82, 2.24) is 9.97 Å². The van der Waals surface area contributed by atoms with Crippen LogP contribution in [0, 0.1) is 0 Å². The first-order chi connectivity index (χ1) is 7.42.